The van der Waals surface area contributed by atoms with Crippen LogP contribution in [-0.4, -0.2) is 46.0 Å². The van der Waals surface area contributed by atoms with E-state index in [-0.39, 0.29) is 32.8 Å². The number of ether oxygens (including phenoxy) is 2. The maximum Gasteiger partial charge on any atom is 0.286 e. The number of imide groups is 2. The molecule has 2 fully saturated rings. The number of carbonyl (C=O) groups is 4. The molecule has 10 heteroatoms. The number of thioether (sulfide) groups is 2. The van der Waals surface area contributed by atoms with Crippen molar-refractivity contribution in [2.75, 3.05) is 13.2 Å². The van der Waals surface area contributed by atoms with Crippen LogP contribution >= 0.6 is 23.5 Å². The molecule has 2 atom stereocenters. The van der Waals surface area contributed by atoms with E-state index in [1.54, 1.807) is 0 Å². The number of nitrogens with one attached hydrogen (secondary N) is 2. The molecule has 0 spiro atoms. The van der Waals surface area contributed by atoms with Gasteiger partial charge in [-0.3, -0.25) is 29.8 Å². The second-order valence-electron chi connectivity index (χ2n) is 8.22. The molecule has 2 aliphatic rings. The predicted octanol–water partition coefficient (Wildman–Crippen LogP) is 4.10. The monoisotopic (exact) mass is 514 g/mol. The minimum atomic E-state index is -0.361. The zero-order valence-corrected chi connectivity index (χ0v) is 20.6. The molecular formula is C25H26N2O6S2. The Morgan fingerprint density at radius 3 is 1.34 bits per heavy atom. The molecule has 4 amide bonds. The maximum absolute atomic E-state index is 11.7. The molecule has 2 saturated heterocycles. The molecule has 2 N–H and O–H groups in total. The molecule has 4 rings (SSSR count). The van der Waals surface area contributed by atoms with Gasteiger partial charge in [-0.05, 0) is 67.5 Å². The first-order valence-electron chi connectivity index (χ1n) is 11.4. The number of amides is 4. The lowest BCUT2D eigenvalue weighted by Crippen LogP contribution is -2.25. The minimum absolute atomic E-state index is 0.228. The van der Waals surface area contributed by atoms with E-state index in [0.717, 1.165) is 65.4 Å². The average molecular weight is 515 g/mol. The van der Waals surface area contributed by atoms with Crippen LogP contribution in [-0.2, 0) is 22.4 Å². The van der Waals surface area contributed by atoms with Crippen LogP contribution in [0, 0.1) is 0 Å². The molecule has 2 aromatic carbocycles. The first kappa shape index (κ1) is 25.1. The lowest BCUT2D eigenvalue weighted by atomic mass is 10.1. The summed E-state index contributed by atoms with van der Waals surface area (Å²) in [7, 11) is 0. The largest absolute Gasteiger partial charge is 0.494 e. The molecule has 0 radical (unpaired) electrons. The van der Waals surface area contributed by atoms with Crippen LogP contribution in [0.5, 0.6) is 11.5 Å². The first-order chi connectivity index (χ1) is 17.0. The summed E-state index contributed by atoms with van der Waals surface area (Å²) >= 11 is 2.07. The molecule has 0 saturated carbocycles. The van der Waals surface area contributed by atoms with Gasteiger partial charge in [-0.2, -0.15) is 0 Å². The van der Waals surface area contributed by atoms with Gasteiger partial charge in [0.25, 0.3) is 10.5 Å². The zero-order valence-electron chi connectivity index (χ0n) is 19.0. The third-order valence-electron chi connectivity index (χ3n) is 5.55. The second kappa shape index (κ2) is 12.1. The number of hydrogen-bond donors (Lipinski definition) is 2. The predicted molar refractivity (Wildman–Crippen MR) is 135 cm³/mol. The maximum atomic E-state index is 11.7. The van der Waals surface area contributed by atoms with Crippen molar-refractivity contribution in [3.8, 4) is 11.5 Å². The number of rotatable bonds is 12. The average Bonchev–Trinajstić information content (AvgIpc) is 3.33. The fraction of sp³-hybridized carbons (Fsp3) is 0.360. The van der Waals surface area contributed by atoms with E-state index < -0.39 is 0 Å². The van der Waals surface area contributed by atoms with Crippen LogP contribution in [0.2, 0.25) is 0 Å². The molecule has 0 aliphatic carbocycles. The highest BCUT2D eigenvalue weighted by atomic mass is 32.2. The van der Waals surface area contributed by atoms with Gasteiger partial charge < -0.3 is 9.47 Å². The van der Waals surface area contributed by atoms with Gasteiger partial charge in [0.05, 0.1) is 23.7 Å². The number of benzene rings is 2. The molecule has 2 aromatic rings. The van der Waals surface area contributed by atoms with Crippen molar-refractivity contribution in [1.82, 2.24) is 10.6 Å². The number of carbonyl (C=O) groups excluding carboxylic acids is 4. The summed E-state index contributed by atoms with van der Waals surface area (Å²) in [6, 6.07) is 15.2. The zero-order chi connectivity index (χ0) is 24.6. The fourth-order valence-corrected chi connectivity index (χ4v) is 5.41. The Morgan fingerprint density at radius 2 is 1.00 bits per heavy atom. The molecular weight excluding hydrogens is 488 g/mol. The van der Waals surface area contributed by atoms with E-state index in [4.69, 9.17) is 9.47 Å². The molecule has 8 nitrogen and oxygen atoms in total. The van der Waals surface area contributed by atoms with Gasteiger partial charge in [0.1, 0.15) is 11.5 Å². The van der Waals surface area contributed by atoms with Crippen molar-refractivity contribution in [3.05, 3.63) is 59.7 Å². The van der Waals surface area contributed by atoms with Gasteiger partial charge in [-0.1, -0.05) is 47.8 Å². The molecule has 184 valence electrons. The van der Waals surface area contributed by atoms with Gasteiger partial charge in [-0.15, -0.1) is 0 Å². The van der Waals surface area contributed by atoms with Crippen LogP contribution in [0.3, 0.4) is 0 Å². The second-order valence-corrected chi connectivity index (χ2v) is 10.6. The van der Waals surface area contributed by atoms with Crippen molar-refractivity contribution in [3.63, 3.8) is 0 Å². The Labute approximate surface area is 211 Å². The van der Waals surface area contributed by atoms with Gasteiger partial charge in [0.2, 0.25) is 11.8 Å². The van der Waals surface area contributed by atoms with Gasteiger partial charge in [0, 0.05) is 0 Å². The van der Waals surface area contributed by atoms with Gasteiger partial charge in [0.15, 0.2) is 0 Å². The molecule has 35 heavy (non-hydrogen) atoms. The van der Waals surface area contributed by atoms with Crippen LogP contribution in [0.4, 0.5) is 9.59 Å². The Morgan fingerprint density at radius 1 is 0.600 bits per heavy atom. The molecule has 0 bridgehead atoms. The summed E-state index contributed by atoms with van der Waals surface area (Å²) < 4.78 is 11.6. The molecule has 2 aliphatic heterocycles. The number of unbranched alkanes of at least 4 members (excludes halogenated alkanes) is 2. The van der Waals surface area contributed by atoms with E-state index in [0.29, 0.717) is 26.1 Å². The highest BCUT2D eigenvalue weighted by Crippen LogP contribution is 2.25. The van der Waals surface area contributed by atoms with E-state index >= 15 is 0 Å². The third-order valence-corrected chi connectivity index (χ3v) is 7.51. The van der Waals surface area contributed by atoms with Crippen LogP contribution in [0.25, 0.3) is 0 Å². The SMILES string of the molecule is O=C1NC(=O)C(Cc2ccc(OCCCCCOc3ccc(CC4SC(=O)NC4=O)cc3)cc2)S1. The molecule has 2 heterocycles. The first-order valence-corrected chi connectivity index (χ1v) is 13.2. The van der Waals surface area contributed by atoms with E-state index in [1.807, 2.05) is 48.5 Å². The third kappa shape index (κ3) is 7.50. The smallest absolute Gasteiger partial charge is 0.286 e. The van der Waals surface area contributed by atoms with Gasteiger partial charge in [-0.25, -0.2) is 0 Å². The molecule has 2 unspecified atom stereocenters. The fourth-order valence-electron chi connectivity index (χ4n) is 3.69. The van der Waals surface area contributed by atoms with Crippen LogP contribution < -0.4 is 20.1 Å². The highest BCUT2D eigenvalue weighted by molar-refractivity contribution is 8.15. The lowest BCUT2D eigenvalue weighted by Gasteiger charge is -2.10. The molecule has 0 aromatic heterocycles. The van der Waals surface area contributed by atoms with Crippen LogP contribution in [0.15, 0.2) is 48.5 Å². The van der Waals surface area contributed by atoms with Crippen molar-refractivity contribution < 1.29 is 28.7 Å². The standard InChI is InChI=1S/C25H26N2O6S2/c28-22-20(34-24(30)26-22)14-16-4-8-18(9-5-16)32-12-2-1-3-13-33-19-10-6-17(7-11-19)15-21-23(29)27-25(31)35-21/h4-11,20-21H,1-3,12-15H2,(H,26,28,30)(H,27,29,31). The van der Waals surface area contributed by atoms with E-state index in [2.05, 4.69) is 10.6 Å². The minimum Gasteiger partial charge on any atom is -0.494 e. The summed E-state index contributed by atoms with van der Waals surface area (Å²) in [5.41, 5.74) is 1.98. The van der Waals surface area contributed by atoms with Crippen molar-refractivity contribution in [1.29, 1.82) is 0 Å². The highest BCUT2D eigenvalue weighted by Gasteiger charge is 2.32. The van der Waals surface area contributed by atoms with Crippen molar-refractivity contribution in [2.45, 2.75) is 42.6 Å². The van der Waals surface area contributed by atoms with Crippen molar-refractivity contribution in [2.24, 2.45) is 0 Å². The Hall–Kier alpha value is -2.98. The summed E-state index contributed by atoms with van der Waals surface area (Å²) in [5.74, 6) is 1.10. The summed E-state index contributed by atoms with van der Waals surface area (Å²) in [6.45, 7) is 1.22. The Balaban J connectivity index is 1.07. The quantitative estimate of drug-likeness (QED) is 0.407. The van der Waals surface area contributed by atoms with Crippen LogP contribution in [0.1, 0.15) is 30.4 Å². The Bertz CT molecular complexity index is 989. The van der Waals surface area contributed by atoms with Crippen molar-refractivity contribution >= 4 is 45.8 Å². The summed E-state index contributed by atoms with van der Waals surface area (Å²) in [6.07, 6.45) is 3.82. The summed E-state index contributed by atoms with van der Waals surface area (Å²) in [4.78, 5) is 45.9. The topological polar surface area (TPSA) is 111 Å². The summed E-state index contributed by atoms with van der Waals surface area (Å²) in [5, 5.41) is 3.32. The van der Waals surface area contributed by atoms with E-state index in [1.165, 1.54) is 0 Å². The lowest BCUT2D eigenvalue weighted by molar-refractivity contribution is -0.119. The van der Waals surface area contributed by atoms with E-state index in [9.17, 15) is 19.2 Å². The Kier molecular flexibility index (Phi) is 8.70. The number of hydrogen-bond acceptors (Lipinski definition) is 8. The normalized spacial score (nSPS) is 19.5. The van der Waals surface area contributed by atoms with Gasteiger partial charge >= 0.3 is 0 Å².